The molecule has 1 amide bonds. The average Bonchev–Trinajstić information content (AvgIpc) is 2.69. The second-order valence-corrected chi connectivity index (χ2v) is 5.51. The number of hydrogen-bond donors (Lipinski definition) is 2. The molecule has 27 heavy (non-hydrogen) atoms. The highest BCUT2D eigenvalue weighted by Gasteiger charge is 2.12. The fraction of sp³-hybridized carbons (Fsp3) is 0.200. The van der Waals surface area contributed by atoms with Gasteiger partial charge in [0.15, 0.2) is 11.5 Å². The van der Waals surface area contributed by atoms with Crippen molar-refractivity contribution in [3.8, 4) is 17.2 Å². The summed E-state index contributed by atoms with van der Waals surface area (Å²) >= 11 is 0. The van der Waals surface area contributed by atoms with E-state index >= 15 is 0 Å². The number of carboxylic acid groups (broad SMARTS) is 1. The van der Waals surface area contributed by atoms with Gasteiger partial charge in [-0.25, -0.2) is 4.79 Å². The van der Waals surface area contributed by atoms with Gasteiger partial charge in [0.1, 0.15) is 0 Å². The van der Waals surface area contributed by atoms with Gasteiger partial charge in [-0.3, -0.25) is 4.79 Å². The first-order valence-electron chi connectivity index (χ1n) is 8.06. The second kappa shape index (κ2) is 9.28. The molecular formula is C20H21NO6. The van der Waals surface area contributed by atoms with Crippen LogP contribution in [0.25, 0.3) is 6.08 Å². The monoisotopic (exact) mass is 371 g/mol. The molecule has 2 aromatic rings. The predicted octanol–water partition coefficient (Wildman–Crippen LogP) is 2.74. The number of aromatic carboxylic acids is 1. The van der Waals surface area contributed by atoms with Gasteiger partial charge in [-0.05, 0) is 41.5 Å². The molecule has 0 aliphatic heterocycles. The zero-order chi connectivity index (χ0) is 19.8. The SMILES string of the molecule is COc1cc(C=CC(=O)NCc2ccc(C(=O)O)cc2)cc(OC)c1OC. The molecule has 0 aromatic heterocycles. The highest BCUT2D eigenvalue weighted by Crippen LogP contribution is 2.38. The molecule has 0 fully saturated rings. The molecule has 2 aromatic carbocycles. The van der Waals surface area contributed by atoms with Crippen molar-refractivity contribution < 1.29 is 28.9 Å². The van der Waals surface area contributed by atoms with E-state index in [-0.39, 0.29) is 11.5 Å². The number of carboxylic acids is 1. The number of carbonyl (C=O) groups excluding carboxylic acids is 1. The fourth-order valence-corrected chi connectivity index (χ4v) is 2.38. The van der Waals surface area contributed by atoms with Crippen LogP contribution in [0.5, 0.6) is 17.2 Å². The Morgan fingerprint density at radius 1 is 1.00 bits per heavy atom. The maximum Gasteiger partial charge on any atom is 0.335 e. The molecule has 0 aliphatic carbocycles. The first-order valence-corrected chi connectivity index (χ1v) is 8.06. The molecule has 0 bridgehead atoms. The third-order valence-corrected chi connectivity index (χ3v) is 3.78. The van der Waals surface area contributed by atoms with Crippen molar-refractivity contribution >= 4 is 18.0 Å². The summed E-state index contributed by atoms with van der Waals surface area (Å²) in [5.41, 5.74) is 1.72. The quantitative estimate of drug-likeness (QED) is 0.693. The Balaban J connectivity index is 2.02. The Morgan fingerprint density at radius 2 is 1.59 bits per heavy atom. The Labute approximate surface area is 157 Å². The van der Waals surface area contributed by atoms with E-state index < -0.39 is 5.97 Å². The summed E-state index contributed by atoms with van der Waals surface area (Å²) < 4.78 is 15.8. The Morgan fingerprint density at radius 3 is 2.07 bits per heavy atom. The normalized spacial score (nSPS) is 10.5. The lowest BCUT2D eigenvalue weighted by molar-refractivity contribution is -0.116. The minimum absolute atomic E-state index is 0.201. The zero-order valence-corrected chi connectivity index (χ0v) is 15.3. The zero-order valence-electron chi connectivity index (χ0n) is 15.3. The lowest BCUT2D eigenvalue weighted by Gasteiger charge is -2.12. The van der Waals surface area contributed by atoms with Crippen LogP contribution in [0.3, 0.4) is 0 Å². The molecule has 0 spiro atoms. The Bertz CT molecular complexity index is 817. The van der Waals surface area contributed by atoms with Crippen LogP contribution in [-0.4, -0.2) is 38.3 Å². The van der Waals surface area contributed by atoms with Crippen LogP contribution >= 0.6 is 0 Å². The van der Waals surface area contributed by atoms with Gasteiger partial charge in [0.25, 0.3) is 0 Å². The summed E-state index contributed by atoms with van der Waals surface area (Å²) in [6.07, 6.45) is 3.03. The van der Waals surface area contributed by atoms with Gasteiger partial charge >= 0.3 is 5.97 Å². The maximum absolute atomic E-state index is 12.0. The Kier molecular flexibility index (Phi) is 6.82. The van der Waals surface area contributed by atoms with Crippen LogP contribution in [0.4, 0.5) is 0 Å². The van der Waals surface area contributed by atoms with Gasteiger partial charge in [0.05, 0.1) is 26.9 Å². The number of benzene rings is 2. The summed E-state index contributed by atoms with van der Waals surface area (Å²) in [6.45, 7) is 0.290. The topological polar surface area (TPSA) is 94.1 Å². The van der Waals surface area contributed by atoms with Gasteiger partial charge in [-0.15, -0.1) is 0 Å². The number of carbonyl (C=O) groups is 2. The van der Waals surface area contributed by atoms with Gasteiger partial charge in [0, 0.05) is 12.6 Å². The first-order chi connectivity index (χ1) is 13.0. The van der Waals surface area contributed by atoms with Gasteiger partial charge in [-0.1, -0.05) is 12.1 Å². The molecule has 0 saturated carbocycles. The lowest BCUT2D eigenvalue weighted by atomic mass is 10.1. The molecule has 2 N–H and O–H groups in total. The van der Waals surface area contributed by atoms with E-state index in [2.05, 4.69) is 5.32 Å². The van der Waals surface area contributed by atoms with E-state index in [4.69, 9.17) is 19.3 Å². The summed E-state index contributed by atoms with van der Waals surface area (Å²) in [5.74, 6) is 0.196. The number of amides is 1. The molecule has 142 valence electrons. The van der Waals surface area contributed by atoms with E-state index in [1.54, 1.807) is 30.3 Å². The molecule has 7 nitrogen and oxygen atoms in total. The van der Waals surface area contributed by atoms with Gasteiger partial charge in [0.2, 0.25) is 11.7 Å². The van der Waals surface area contributed by atoms with E-state index in [9.17, 15) is 9.59 Å². The molecule has 0 radical (unpaired) electrons. The van der Waals surface area contributed by atoms with Crippen LogP contribution in [0.15, 0.2) is 42.5 Å². The first kappa shape index (κ1) is 19.8. The smallest absolute Gasteiger partial charge is 0.335 e. The largest absolute Gasteiger partial charge is 0.493 e. The van der Waals surface area contributed by atoms with Crippen molar-refractivity contribution in [2.45, 2.75) is 6.54 Å². The van der Waals surface area contributed by atoms with E-state index in [0.717, 1.165) is 5.56 Å². The highest BCUT2D eigenvalue weighted by molar-refractivity contribution is 5.92. The minimum atomic E-state index is -0.987. The number of methoxy groups -OCH3 is 3. The van der Waals surface area contributed by atoms with Crippen molar-refractivity contribution in [2.24, 2.45) is 0 Å². The van der Waals surface area contributed by atoms with Crippen molar-refractivity contribution in [2.75, 3.05) is 21.3 Å². The van der Waals surface area contributed by atoms with Crippen molar-refractivity contribution in [3.05, 3.63) is 59.2 Å². The van der Waals surface area contributed by atoms with Crippen LogP contribution in [0.2, 0.25) is 0 Å². The minimum Gasteiger partial charge on any atom is -0.493 e. The Hall–Kier alpha value is -3.48. The van der Waals surface area contributed by atoms with Crippen molar-refractivity contribution in [1.82, 2.24) is 5.32 Å². The summed E-state index contributed by atoms with van der Waals surface area (Å²) in [6, 6.07) is 9.77. The molecular weight excluding hydrogens is 350 g/mol. The van der Waals surface area contributed by atoms with Crippen LogP contribution in [-0.2, 0) is 11.3 Å². The molecule has 0 atom stereocenters. The highest BCUT2D eigenvalue weighted by atomic mass is 16.5. The molecule has 0 unspecified atom stereocenters. The van der Waals surface area contributed by atoms with Crippen molar-refractivity contribution in [1.29, 1.82) is 0 Å². The number of nitrogens with one attached hydrogen (secondary N) is 1. The fourth-order valence-electron chi connectivity index (χ4n) is 2.38. The average molecular weight is 371 g/mol. The van der Waals surface area contributed by atoms with Crippen LogP contribution in [0.1, 0.15) is 21.5 Å². The molecule has 2 rings (SSSR count). The summed E-state index contributed by atoms with van der Waals surface area (Å²) in [5, 5.41) is 11.6. The van der Waals surface area contributed by atoms with Gasteiger partial charge in [-0.2, -0.15) is 0 Å². The second-order valence-electron chi connectivity index (χ2n) is 5.51. The van der Waals surface area contributed by atoms with Crippen LogP contribution in [0, 0.1) is 0 Å². The predicted molar refractivity (Wildman–Crippen MR) is 100 cm³/mol. The number of ether oxygens (including phenoxy) is 3. The maximum atomic E-state index is 12.0. The molecule has 0 heterocycles. The number of rotatable bonds is 8. The van der Waals surface area contributed by atoms with Crippen molar-refractivity contribution in [3.63, 3.8) is 0 Å². The standard InChI is InChI=1S/C20H21NO6/c1-25-16-10-14(11-17(26-2)19(16)27-3)6-9-18(22)21-12-13-4-7-15(8-5-13)20(23)24/h4-11H,12H2,1-3H3,(H,21,22)(H,23,24). The lowest BCUT2D eigenvalue weighted by Crippen LogP contribution is -2.20. The summed E-state index contributed by atoms with van der Waals surface area (Å²) in [7, 11) is 4.56. The van der Waals surface area contributed by atoms with Crippen LogP contribution < -0.4 is 19.5 Å². The van der Waals surface area contributed by atoms with E-state index in [0.29, 0.717) is 29.4 Å². The number of hydrogen-bond acceptors (Lipinski definition) is 5. The third-order valence-electron chi connectivity index (χ3n) is 3.78. The summed E-state index contributed by atoms with van der Waals surface area (Å²) in [4.78, 5) is 22.8. The van der Waals surface area contributed by atoms with Gasteiger partial charge < -0.3 is 24.6 Å². The molecule has 7 heteroatoms. The van der Waals surface area contributed by atoms with E-state index in [1.165, 1.54) is 39.5 Å². The molecule has 0 aliphatic rings. The van der Waals surface area contributed by atoms with E-state index in [1.807, 2.05) is 0 Å². The molecule has 0 saturated heterocycles. The third kappa shape index (κ3) is 5.24.